The number of nitrogens with two attached hydrogens (primary N) is 1. The Balaban J connectivity index is 2.61. The van der Waals surface area contributed by atoms with Crippen LogP contribution < -0.4 is 11.1 Å². The highest BCUT2D eigenvalue weighted by molar-refractivity contribution is 5.92. The van der Waals surface area contributed by atoms with Crippen molar-refractivity contribution in [1.82, 2.24) is 0 Å². The zero-order chi connectivity index (χ0) is 15.9. The molecule has 116 valence electrons. The lowest BCUT2D eigenvalue weighted by Crippen LogP contribution is -2.21. The molecule has 0 aromatic heterocycles. The molecule has 0 saturated heterocycles. The average molecular weight is 292 g/mol. The zero-order valence-electron chi connectivity index (χ0n) is 12.7. The van der Waals surface area contributed by atoms with Crippen LogP contribution in [0.3, 0.4) is 0 Å². The number of carbonyl (C=O) groups excluding carboxylic acids is 1. The molecular weight excluding hydrogens is 268 g/mol. The summed E-state index contributed by atoms with van der Waals surface area (Å²) in [5.74, 6) is -1.02. The van der Waals surface area contributed by atoms with Gasteiger partial charge in [0.25, 0.3) is 0 Å². The molecule has 1 amide bonds. The molecule has 0 heterocycles. The lowest BCUT2D eigenvalue weighted by atomic mass is 9.84. The third-order valence-corrected chi connectivity index (χ3v) is 3.48. The third-order valence-electron chi connectivity index (χ3n) is 3.48. The van der Waals surface area contributed by atoms with Crippen molar-refractivity contribution in [2.45, 2.75) is 39.5 Å². The van der Waals surface area contributed by atoms with E-state index in [9.17, 15) is 9.59 Å². The fourth-order valence-corrected chi connectivity index (χ4v) is 2.14. The molecule has 0 bridgehead atoms. The van der Waals surface area contributed by atoms with E-state index in [1.54, 1.807) is 24.3 Å². The van der Waals surface area contributed by atoms with Crippen LogP contribution in [0.4, 0.5) is 5.69 Å². The summed E-state index contributed by atoms with van der Waals surface area (Å²) in [5, 5.41) is 11.7. The van der Waals surface area contributed by atoms with Gasteiger partial charge in [0, 0.05) is 12.1 Å². The molecular formula is C16H24N2O3. The minimum absolute atomic E-state index is 0.0344. The topological polar surface area (TPSA) is 92.4 Å². The van der Waals surface area contributed by atoms with Gasteiger partial charge in [-0.25, -0.2) is 0 Å². The van der Waals surface area contributed by atoms with Crippen LogP contribution in [0, 0.1) is 5.41 Å². The first kappa shape index (κ1) is 17.2. The Hall–Kier alpha value is -1.88. The summed E-state index contributed by atoms with van der Waals surface area (Å²) in [6.07, 6.45) is 1.91. The van der Waals surface area contributed by atoms with Gasteiger partial charge in [0.15, 0.2) is 0 Å². The number of para-hydroxylation sites is 1. The fraction of sp³-hybridized carbons (Fsp3) is 0.500. The maximum absolute atomic E-state index is 12.0. The SMILES string of the molecule is CC(C)(CCN)CCC(=O)Nc1ccccc1CC(=O)O. The number of carbonyl (C=O) groups is 2. The molecule has 0 aliphatic rings. The van der Waals surface area contributed by atoms with Gasteiger partial charge in [-0.05, 0) is 36.4 Å². The van der Waals surface area contributed by atoms with Gasteiger partial charge in [-0.2, -0.15) is 0 Å². The number of carboxylic acids is 1. The normalized spacial score (nSPS) is 11.2. The summed E-state index contributed by atoms with van der Waals surface area (Å²) in [7, 11) is 0. The van der Waals surface area contributed by atoms with Gasteiger partial charge in [0.2, 0.25) is 5.91 Å². The fourth-order valence-electron chi connectivity index (χ4n) is 2.14. The van der Waals surface area contributed by atoms with E-state index >= 15 is 0 Å². The molecule has 0 atom stereocenters. The summed E-state index contributed by atoms with van der Waals surface area (Å²) in [6.45, 7) is 4.78. The highest BCUT2D eigenvalue weighted by Crippen LogP contribution is 2.26. The van der Waals surface area contributed by atoms with E-state index in [-0.39, 0.29) is 17.7 Å². The van der Waals surface area contributed by atoms with Crippen molar-refractivity contribution in [3.8, 4) is 0 Å². The van der Waals surface area contributed by atoms with Gasteiger partial charge in [0.05, 0.1) is 6.42 Å². The predicted octanol–water partition coefficient (Wildman–Crippen LogP) is 2.41. The number of hydrogen-bond donors (Lipinski definition) is 3. The quantitative estimate of drug-likeness (QED) is 0.686. The number of benzene rings is 1. The van der Waals surface area contributed by atoms with E-state index < -0.39 is 5.97 Å². The van der Waals surface area contributed by atoms with Crippen LogP contribution in [0.25, 0.3) is 0 Å². The Morgan fingerprint density at radius 1 is 1.24 bits per heavy atom. The Bertz CT molecular complexity index is 498. The number of hydrogen-bond acceptors (Lipinski definition) is 3. The van der Waals surface area contributed by atoms with Crippen molar-refractivity contribution in [2.75, 3.05) is 11.9 Å². The second-order valence-corrected chi connectivity index (χ2v) is 5.98. The van der Waals surface area contributed by atoms with E-state index in [1.807, 2.05) is 0 Å². The molecule has 1 aromatic carbocycles. The predicted molar refractivity (Wildman–Crippen MR) is 83.1 cm³/mol. The smallest absolute Gasteiger partial charge is 0.307 e. The molecule has 21 heavy (non-hydrogen) atoms. The van der Waals surface area contributed by atoms with Crippen LogP contribution in [-0.4, -0.2) is 23.5 Å². The molecule has 0 aliphatic carbocycles. The molecule has 0 spiro atoms. The highest BCUT2D eigenvalue weighted by atomic mass is 16.4. The van der Waals surface area contributed by atoms with E-state index in [0.29, 0.717) is 24.2 Å². The number of carboxylic acid groups (broad SMARTS) is 1. The first-order chi connectivity index (χ1) is 9.84. The van der Waals surface area contributed by atoms with E-state index in [4.69, 9.17) is 10.8 Å². The molecule has 5 nitrogen and oxygen atoms in total. The van der Waals surface area contributed by atoms with Gasteiger partial charge >= 0.3 is 5.97 Å². The molecule has 0 saturated carbocycles. The summed E-state index contributed by atoms with van der Waals surface area (Å²) < 4.78 is 0. The molecule has 0 unspecified atom stereocenters. The Morgan fingerprint density at radius 3 is 2.52 bits per heavy atom. The molecule has 4 N–H and O–H groups in total. The maximum atomic E-state index is 12.0. The van der Waals surface area contributed by atoms with Crippen LogP contribution in [-0.2, 0) is 16.0 Å². The lowest BCUT2D eigenvalue weighted by molar-refractivity contribution is -0.136. The lowest BCUT2D eigenvalue weighted by Gasteiger charge is -2.23. The Morgan fingerprint density at radius 2 is 1.90 bits per heavy atom. The van der Waals surface area contributed by atoms with Gasteiger partial charge < -0.3 is 16.2 Å². The van der Waals surface area contributed by atoms with Crippen LogP contribution in [0.2, 0.25) is 0 Å². The summed E-state index contributed by atoms with van der Waals surface area (Å²) >= 11 is 0. The summed E-state index contributed by atoms with van der Waals surface area (Å²) in [5.41, 5.74) is 6.77. The molecule has 1 aromatic rings. The van der Waals surface area contributed by atoms with Crippen molar-refractivity contribution in [3.63, 3.8) is 0 Å². The first-order valence-corrected chi connectivity index (χ1v) is 7.14. The van der Waals surface area contributed by atoms with E-state index in [2.05, 4.69) is 19.2 Å². The summed E-state index contributed by atoms with van der Waals surface area (Å²) in [4.78, 5) is 22.8. The van der Waals surface area contributed by atoms with Gasteiger partial charge in [-0.3, -0.25) is 9.59 Å². The highest BCUT2D eigenvalue weighted by Gasteiger charge is 2.18. The van der Waals surface area contributed by atoms with Crippen molar-refractivity contribution < 1.29 is 14.7 Å². The molecule has 0 fully saturated rings. The van der Waals surface area contributed by atoms with Crippen molar-refractivity contribution >= 4 is 17.6 Å². The third kappa shape index (κ3) is 6.40. The van der Waals surface area contributed by atoms with Crippen LogP contribution in [0.5, 0.6) is 0 Å². The monoisotopic (exact) mass is 292 g/mol. The van der Waals surface area contributed by atoms with Gasteiger partial charge in [-0.1, -0.05) is 32.0 Å². The Labute approximate surface area is 125 Å². The van der Waals surface area contributed by atoms with Gasteiger partial charge in [-0.15, -0.1) is 0 Å². The number of aliphatic carboxylic acids is 1. The zero-order valence-corrected chi connectivity index (χ0v) is 12.7. The van der Waals surface area contributed by atoms with E-state index in [1.165, 1.54) is 0 Å². The second kappa shape index (κ2) is 7.78. The van der Waals surface area contributed by atoms with Gasteiger partial charge in [0.1, 0.15) is 0 Å². The van der Waals surface area contributed by atoms with Crippen LogP contribution in [0.1, 0.15) is 38.7 Å². The minimum atomic E-state index is -0.916. The van der Waals surface area contributed by atoms with Crippen molar-refractivity contribution in [1.29, 1.82) is 0 Å². The average Bonchev–Trinajstić information content (AvgIpc) is 2.38. The minimum Gasteiger partial charge on any atom is -0.481 e. The van der Waals surface area contributed by atoms with Crippen LogP contribution >= 0.6 is 0 Å². The number of rotatable bonds is 8. The number of amides is 1. The molecule has 5 heteroatoms. The second-order valence-electron chi connectivity index (χ2n) is 5.98. The largest absolute Gasteiger partial charge is 0.481 e. The van der Waals surface area contributed by atoms with Crippen molar-refractivity contribution in [3.05, 3.63) is 29.8 Å². The van der Waals surface area contributed by atoms with Crippen molar-refractivity contribution in [2.24, 2.45) is 11.1 Å². The Kier molecular flexibility index (Phi) is 6.37. The van der Waals surface area contributed by atoms with E-state index in [0.717, 1.165) is 12.8 Å². The number of anilines is 1. The summed E-state index contributed by atoms with van der Waals surface area (Å²) in [6, 6.07) is 6.97. The number of nitrogens with one attached hydrogen (secondary N) is 1. The first-order valence-electron chi connectivity index (χ1n) is 7.14. The molecule has 0 radical (unpaired) electrons. The van der Waals surface area contributed by atoms with Crippen LogP contribution in [0.15, 0.2) is 24.3 Å². The maximum Gasteiger partial charge on any atom is 0.307 e. The molecule has 0 aliphatic heterocycles. The standard InChI is InChI=1S/C16H24N2O3/c1-16(2,9-10-17)8-7-14(19)18-13-6-4-3-5-12(13)11-15(20)21/h3-6H,7-11,17H2,1-2H3,(H,18,19)(H,20,21). The molecule has 1 rings (SSSR count).